The van der Waals surface area contributed by atoms with Gasteiger partial charge in [-0.2, -0.15) is 11.3 Å². The number of aryl methyl sites for hydroxylation is 3. The Labute approximate surface area is 119 Å². The van der Waals surface area contributed by atoms with Crippen molar-refractivity contribution in [2.45, 2.75) is 46.1 Å². The Balaban J connectivity index is 2.54. The Morgan fingerprint density at radius 2 is 1.68 bits per heavy atom. The van der Waals surface area contributed by atoms with E-state index in [0.717, 1.165) is 30.4 Å². The average molecular weight is 274 g/mol. The van der Waals surface area contributed by atoms with Crippen molar-refractivity contribution in [3.8, 4) is 0 Å². The molecular weight excluding hydrogens is 252 g/mol. The molecule has 1 N–H and O–H groups in total. The van der Waals surface area contributed by atoms with E-state index in [1.54, 1.807) is 11.3 Å². The minimum atomic E-state index is -0.484. The second-order valence-corrected chi connectivity index (χ2v) is 5.63. The van der Waals surface area contributed by atoms with E-state index in [-0.39, 0.29) is 0 Å². The van der Waals surface area contributed by atoms with Gasteiger partial charge in [0.1, 0.15) is 6.10 Å². The lowest BCUT2D eigenvalue weighted by Gasteiger charge is -2.20. The quantitative estimate of drug-likeness (QED) is 0.850. The predicted molar refractivity (Wildman–Crippen MR) is 83.0 cm³/mol. The highest BCUT2D eigenvalue weighted by atomic mass is 32.1. The van der Waals surface area contributed by atoms with Crippen LogP contribution in [0.1, 0.15) is 54.7 Å². The maximum atomic E-state index is 10.7. The van der Waals surface area contributed by atoms with Crippen LogP contribution in [-0.4, -0.2) is 5.11 Å². The fraction of sp³-hybridized carbons (Fsp3) is 0.412. The van der Waals surface area contributed by atoms with Crippen molar-refractivity contribution in [2.24, 2.45) is 0 Å². The highest BCUT2D eigenvalue weighted by Crippen LogP contribution is 2.31. The van der Waals surface area contributed by atoms with Crippen LogP contribution in [0.15, 0.2) is 29.0 Å². The zero-order valence-electron chi connectivity index (χ0n) is 11.9. The van der Waals surface area contributed by atoms with E-state index < -0.39 is 6.10 Å². The number of aliphatic hydroxyl groups is 1. The molecule has 0 aliphatic rings. The number of hydrogen-bond donors (Lipinski definition) is 1. The van der Waals surface area contributed by atoms with Gasteiger partial charge in [-0.15, -0.1) is 0 Å². The van der Waals surface area contributed by atoms with Gasteiger partial charge < -0.3 is 5.11 Å². The topological polar surface area (TPSA) is 20.2 Å². The fourth-order valence-corrected chi connectivity index (χ4v) is 3.27. The molecule has 0 spiro atoms. The Kier molecular flexibility index (Phi) is 4.78. The summed E-state index contributed by atoms with van der Waals surface area (Å²) in [5, 5.41) is 14.7. The first-order chi connectivity index (χ1) is 9.21. The summed E-state index contributed by atoms with van der Waals surface area (Å²) < 4.78 is 0. The predicted octanol–water partition coefficient (Wildman–Crippen LogP) is 4.52. The van der Waals surface area contributed by atoms with Gasteiger partial charge in [0.25, 0.3) is 0 Å². The smallest absolute Gasteiger partial charge is 0.105 e. The molecule has 2 rings (SSSR count). The third-order valence-electron chi connectivity index (χ3n) is 3.71. The molecule has 0 amide bonds. The second-order valence-electron chi connectivity index (χ2n) is 4.85. The molecule has 102 valence electrons. The van der Waals surface area contributed by atoms with Gasteiger partial charge in [-0.1, -0.05) is 32.9 Å². The molecule has 1 heterocycles. The highest BCUT2D eigenvalue weighted by molar-refractivity contribution is 7.07. The molecule has 0 saturated carbocycles. The molecule has 19 heavy (non-hydrogen) atoms. The van der Waals surface area contributed by atoms with Crippen LogP contribution < -0.4 is 0 Å². The fourth-order valence-electron chi connectivity index (χ4n) is 2.59. The number of benzene rings is 1. The molecule has 0 bridgehead atoms. The van der Waals surface area contributed by atoms with Crippen molar-refractivity contribution in [2.75, 3.05) is 0 Å². The van der Waals surface area contributed by atoms with E-state index in [4.69, 9.17) is 0 Å². The van der Waals surface area contributed by atoms with Crippen LogP contribution in [0.4, 0.5) is 0 Å². The third kappa shape index (κ3) is 2.90. The first-order valence-electron chi connectivity index (χ1n) is 7.05. The molecule has 0 aliphatic carbocycles. The summed E-state index contributed by atoms with van der Waals surface area (Å²) in [6, 6.07) is 6.52. The Hall–Kier alpha value is -1.12. The molecule has 1 unspecified atom stereocenters. The van der Waals surface area contributed by atoms with Gasteiger partial charge in [0.2, 0.25) is 0 Å². The van der Waals surface area contributed by atoms with Crippen molar-refractivity contribution in [1.29, 1.82) is 0 Å². The van der Waals surface area contributed by atoms with Gasteiger partial charge >= 0.3 is 0 Å². The van der Waals surface area contributed by atoms with Gasteiger partial charge in [0, 0.05) is 0 Å². The molecule has 2 heteroatoms. The number of rotatable bonds is 5. The third-order valence-corrected chi connectivity index (χ3v) is 4.42. The molecule has 2 aromatic rings. The number of thiophene rings is 1. The Morgan fingerprint density at radius 1 is 1.05 bits per heavy atom. The van der Waals surface area contributed by atoms with Gasteiger partial charge in [0.15, 0.2) is 0 Å². The molecule has 0 fully saturated rings. The highest BCUT2D eigenvalue weighted by Gasteiger charge is 2.18. The van der Waals surface area contributed by atoms with Crippen LogP contribution >= 0.6 is 11.3 Å². The van der Waals surface area contributed by atoms with Crippen LogP contribution in [-0.2, 0) is 19.3 Å². The molecule has 0 saturated heterocycles. The zero-order chi connectivity index (χ0) is 13.8. The molecule has 1 aromatic carbocycles. The van der Waals surface area contributed by atoms with Gasteiger partial charge in [-0.25, -0.2) is 0 Å². The van der Waals surface area contributed by atoms with Crippen molar-refractivity contribution in [3.63, 3.8) is 0 Å². The minimum Gasteiger partial charge on any atom is -0.384 e. The monoisotopic (exact) mass is 274 g/mol. The first kappa shape index (κ1) is 14.3. The van der Waals surface area contributed by atoms with Crippen molar-refractivity contribution < 1.29 is 5.11 Å². The molecule has 1 nitrogen and oxygen atoms in total. The van der Waals surface area contributed by atoms with Crippen LogP contribution in [0.5, 0.6) is 0 Å². The molecular formula is C17H22OS. The summed E-state index contributed by atoms with van der Waals surface area (Å²) in [6.45, 7) is 6.51. The summed E-state index contributed by atoms with van der Waals surface area (Å²) in [5.74, 6) is 0. The maximum Gasteiger partial charge on any atom is 0.105 e. The SMILES string of the molecule is CCc1cc(CC)c(C(O)c2ccsc2)c(CC)c1. The minimum absolute atomic E-state index is 0.484. The summed E-state index contributed by atoms with van der Waals surface area (Å²) in [7, 11) is 0. The Bertz CT molecular complexity index is 503. The second kappa shape index (κ2) is 6.36. The molecule has 1 atom stereocenters. The van der Waals surface area contributed by atoms with Gasteiger partial charge in [-0.05, 0) is 63.9 Å². The molecule has 1 aromatic heterocycles. The molecule has 0 aliphatic heterocycles. The molecule has 0 radical (unpaired) electrons. The summed E-state index contributed by atoms with van der Waals surface area (Å²) in [6.07, 6.45) is 2.51. The summed E-state index contributed by atoms with van der Waals surface area (Å²) in [5.41, 5.74) is 6.08. The number of hydrogen-bond acceptors (Lipinski definition) is 2. The van der Waals surface area contributed by atoms with E-state index in [1.165, 1.54) is 16.7 Å². The standard InChI is InChI=1S/C17H22OS/c1-4-12-9-13(5-2)16(14(6-3)10-12)17(18)15-7-8-19-11-15/h7-11,17-18H,4-6H2,1-3H3. The lowest BCUT2D eigenvalue weighted by atomic mass is 9.88. The van der Waals surface area contributed by atoms with E-state index in [1.807, 2.05) is 16.8 Å². The van der Waals surface area contributed by atoms with Crippen LogP contribution in [0.2, 0.25) is 0 Å². The van der Waals surface area contributed by atoms with E-state index in [2.05, 4.69) is 32.9 Å². The average Bonchev–Trinajstić information content (AvgIpc) is 2.99. The normalized spacial score (nSPS) is 12.6. The lowest BCUT2D eigenvalue weighted by Crippen LogP contribution is -2.08. The maximum absolute atomic E-state index is 10.7. The van der Waals surface area contributed by atoms with Crippen LogP contribution in [0, 0.1) is 0 Å². The van der Waals surface area contributed by atoms with E-state index in [9.17, 15) is 5.11 Å². The van der Waals surface area contributed by atoms with E-state index in [0.29, 0.717) is 0 Å². The van der Waals surface area contributed by atoms with Crippen LogP contribution in [0.25, 0.3) is 0 Å². The van der Waals surface area contributed by atoms with Crippen molar-refractivity contribution >= 4 is 11.3 Å². The summed E-state index contributed by atoms with van der Waals surface area (Å²) >= 11 is 1.64. The van der Waals surface area contributed by atoms with E-state index >= 15 is 0 Å². The van der Waals surface area contributed by atoms with Crippen molar-refractivity contribution in [3.05, 3.63) is 56.8 Å². The van der Waals surface area contributed by atoms with Crippen LogP contribution in [0.3, 0.4) is 0 Å². The first-order valence-corrected chi connectivity index (χ1v) is 8.00. The Morgan fingerprint density at radius 3 is 2.11 bits per heavy atom. The van der Waals surface area contributed by atoms with Gasteiger partial charge in [0.05, 0.1) is 0 Å². The number of aliphatic hydroxyl groups excluding tert-OH is 1. The summed E-state index contributed by atoms with van der Waals surface area (Å²) in [4.78, 5) is 0. The van der Waals surface area contributed by atoms with Crippen molar-refractivity contribution in [1.82, 2.24) is 0 Å². The largest absolute Gasteiger partial charge is 0.384 e. The zero-order valence-corrected chi connectivity index (χ0v) is 12.8. The lowest BCUT2D eigenvalue weighted by molar-refractivity contribution is 0.218. The van der Waals surface area contributed by atoms with Gasteiger partial charge in [-0.3, -0.25) is 0 Å².